The first-order chi connectivity index (χ1) is 19.6. The van der Waals surface area contributed by atoms with Gasteiger partial charge in [-0.15, -0.1) is 3.89 Å². The van der Waals surface area contributed by atoms with Crippen LogP contribution in [0.15, 0.2) is 35.4 Å². The topological polar surface area (TPSA) is 118 Å². The van der Waals surface area contributed by atoms with Crippen molar-refractivity contribution in [3.63, 3.8) is 0 Å². The molecule has 9 nitrogen and oxygen atoms in total. The van der Waals surface area contributed by atoms with Crippen LogP contribution in [-0.4, -0.2) is 54.9 Å². The van der Waals surface area contributed by atoms with E-state index in [2.05, 4.69) is 15.6 Å². The van der Waals surface area contributed by atoms with E-state index in [0.29, 0.717) is 42.1 Å². The van der Waals surface area contributed by atoms with E-state index in [0.717, 1.165) is 37.9 Å². The molecule has 3 atom stereocenters. The molecule has 4 rings (SSSR count). The van der Waals surface area contributed by atoms with Gasteiger partial charge in [-0.1, -0.05) is 19.8 Å². The van der Waals surface area contributed by atoms with Crippen LogP contribution in [-0.2, 0) is 30.1 Å². The number of aromatic nitrogens is 1. The fraction of sp³-hybridized carbons (Fsp3) is 0.567. The molecule has 2 unspecified atom stereocenters. The summed E-state index contributed by atoms with van der Waals surface area (Å²) in [6.45, 7) is 10.3. The number of fused-ring (bicyclic) bond motifs is 1. The number of halogens is 2. The largest absolute Gasteiger partial charge is 0.460 e. The Morgan fingerprint density at radius 3 is 2.67 bits per heavy atom. The number of pyridine rings is 1. The van der Waals surface area contributed by atoms with Crippen molar-refractivity contribution in [2.24, 2.45) is 0 Å². The fourth-order valence-electron chi connectivity index (χ4n) is 5.87. The van der Waals surface area contributed by atoms with Crippen LogP contribution in [0.4, 0.5) is 19.8 Å². The second kappa shape index (κ2) is 12.2. The van der Waals surface area contributed by atoms with Gasteiger partial charge in [-0.2, -0.15) is 8.42 Å². The number of nitrogens with one attached hydrogen (secondary N) is 2. The molecule has 1 aromatic carbocycles. The molecule has 1 amide bonds. The van der Waals surface area contributed by atoms with E-state index in [1.807, 2.05) is 11.8 Å². The van der Waals surface area contributed by atoms with E-state index in [-0.39, 0.29) is 30.3 Å². The van der Waals surface area contributed by atoms with Crippen molar-refractivity contribution in [2.45, 2.75) is 101 Å². The summed E-state index contributed by atoms with van der Waals surface area (Å²) >= 11 is 0. The number of anilines is 2. The van der Waals surface area contributed by atoms with Gasteiger partial charge in [0, 0.05) is 18.2 Å². The van der Waals surface area contributed by atoms with Crippen molar-refractivity contribution in [1.82, 2.24) is 9.88 Å². The maximum absolute atomic E-state index is 15.3. The average Bonchev–Trinajstić information content (AvgIpc) is 3.15. The minimum atomic E-state index is -4.85. The first-order valence-corrected chi connectivity index (χ1v) is 15.8. The number of nitrogens with zero attached hydrogens (tertiary/aromatic N) is 2. The summed E-state index contributed by atoms with van der Waals surface area (Å²) in [7, 11) is -4.85. The Hall–Kier alpha value is -3.12. The van der Waals surface area contributed by atoms with Gasteiger partial charge in [0.2, 0.25) is 5.91 Å². The third-order valence-electron chi connectivity index (χ3n) is 7.94. The fourth-order valence-corrected chi connectivity index (χ4v) is 6.28. The Morgan fingerprint density at radius 1 is 1.31 bits per heavy atom. The SMILES string of the molecule is CCCCC(CC(=O)OC(C)(C)C)c1cc(F)cc2c1NC(=O)C2(C)N1CCC[C@@H](Nc2ccc(S(=O)(=O)F)cn2)C1. The van der Waals surface area contributed by atoms with Crippen molar-refractivity contribution >= 4 is 33.6 Å². The smallest absolute Gasteiger partial charge is 0.333 e. The zero-order valence-corrected chi connectivity index (χ0v) is 25.6. The number of carbonyl (C=O) groups excluding carboxylic acids is 2. The Kier molecular flexibility index (Phi) is 9.27. The molecule has 0 saturated carbocycles. The van der Waals surface area contributed by atoms with Crippen LogP contribution in [0.25, 0.3) is 0 Å². The number of hydrogen-bond acceptors (Lipinski definition) is 8. The number of carbonyl (C=O) groups is 2. The van der Waals surface area contributed by atoms with Crippen LogP contribution in [0.3, 0.4) is 0 Å². The number of rotatable bonds is 10. The highest BCUT2D eigenvalue weighted by Crippen LogP contribution is 2.47. The summed E-state index contributed by atoms with van der Waals surface area (Å²) in [4.78, 5) is 32.0. The number of amides is 1. The summed E-state index contributed by atoms with van der Waals surface area (Å²) in [6, 6.07) is 5.21. The summed E-state index contributed by atoms with van der Waals surface area (Å²) in [5.74, 6) is -1.07. The zero-order chi connectivity index (χ0) is 30.9. The number of ether oxygens (including phenoxy) is 1. The highest BCUT2D eigenvalue weighted by molar-refractivity contribution is 7.86. The van der Waals surface area contributed by atoms with Crippen molar-refractivity contribution in [1.29, 1.82) is 0 Å². The number of unbranched alkanes of at least 4 members (excludes halogenated alkanes) is 1. The standard InChI is InChI=1S/C30H40F2N4O5S/c1-6-7-9-19(14-26(37)41-29(2,3)4)23-15-20(31)16-24-27(23)35-28(38)30(24,5)36-13-8-10-21(18-36)34-25-12-11-22(17-33-25)42(32,39)40/h11-12,15-17,19,21H,6-10,13-14,18H2,1-5H3,(H,33,34)(H,35,38)/t19?,21-,30?/m1/s1. The van der Waals surface area contributed by atoms with Crippen LogP contribution in [0, 0.1) is 5.82 Å². The number of likely N-dealkylation sites (tertiary alicyclic amines) is 1. The third kappa shape index (κ3) is 7.08. The maximum atomic E-state index is 15.3. The van der Waals surface area contributed by atoms with E-state index in [4.69, 9.17) is 4.74 Å². The molecule has 1 saturated heterocycles. The monoisotopic (exact) mass is 606 g/mol. The van der Waals surface area contributed by atoms with E-state index >= 15 is 4.39 Å². The summed E-state index contributed by atoms with van der Waals surface area (Å²) in [5, 5.41) is 6.27. The molecule has 0 spiro atoms. The van der Waals surface area contributed by atoms with Gasteiger partial charge in [0.1, 0.15) is 27.7 Å². The zero-order valence-electron chi connectivity index (χ0n) is 24.8. The van der Waals surface area contributed by atoms with Gasteiger partial charge in [0.15, 0.2) is 0 Å². The van der Waals surface area contributed by atoms with Gasteiger partial charge in [-0.25, -0.2) is 9.37 Å². The molecular formula is C30H40F2N4O5S. The van der Waals surface area contributed by atoms with E-state index in [1.54, 1.807) is 27.7 Å². The van der Waals surface area contributed by atoms with Gasteiger partial charge in [-0.05, 0) is 89.2 Å². The second-order valence-corrected chi connectivity index (χ2v) is 13.7. The predicted molar refractivity (Wildman–Crippen MR) is 156 cm³/mol. The van der Waals surface area contributed by atoms with Gasteiger partial charge >= 0.3 is 16.2 Å². The summed E-state index contributed by atoms with van der Waals surface area (Å²) < 4.78 is 56.3. The average molecular weight is 607 g/mol. The Morgan fingerprint density at radius 2 is 2.05 bits per heavy atom. The van der Waals surface area contributed by atoms with Gasteiger partial charge in [-0.3, -0.25) is 14.5 Å². The Bertz CT molecular complexity index is 1430. The normalized spacial score (nSPS) is 21.9. The van der Waals surface area contributed by atoms with Gasteiger partial charge in [0.25, 0.3) is 0 Å². The summed E-state index contributed by atoms with van der Waals surface area (Å²) in [6.07, 6.45) is 4.90. The highest BCUT2D eigenvalue weighted by Gasteiger charge is 2.50. The molecule has 2 aliphatic rings. The van der Waals surface area contributed by atoms with Crippen molar-refractivity contribution in [2.75, 3.05) is 23.7 Å². The van der Waals surface area contributed by atoms with Crippen molar-refractivity contribution in [3.8, 4) is 0 Å². The Labute approximate surface area is 246 Å². The maximum Gasteiger partial charge on any atom is 0.333 e. The van der Waals surface area contributed by atoms with Crippen LogP contribution in [0.1, 0.15) is 90.2 Å². The third-order valence-corrected chi connectivity index (χ3v) is 8.75. The van der Waals surface area contributed by atoms with Gasteiger partial charge in [0.05, 0.1) is 18.3 Å². The summed E-state index contributed by atoms with van der Waals surface area (Å²) in [5.41, 5.74) is -0.129. The number of esters is 1. The second-order valence-electron chi connectivity index (χ2n) is 12.3. The van der Waals surface area contributed by atoms with Crippen molar-refractivity contribution < 1.29 is 31.0 Å². The number of hydrogen-bond donors (Lipinski definition) is 2. The lowest BCUT2D eigenvalue weighted by Gasteiger charge is -2.42. The Balaban J connectivity index is 1.61. The molecule has 230 valence electrons. The molecule has 0 aliphatic carbocycles. The van der Waals surface area contributed by atoms with E-state index < -0.39 is 32.1 Å². The molecule has 2 aliphatic heterocycles. The molecule has 0 radical (unpaired) electrons. The van der Waals surface area contributed by atoms with E-state index in [1.165, 1.54) is 18.2 Å². The molecule has 12 heteroatoms. The van der Waals surface area contributed by atoms with Crippen LogP contribution >= 0.6 is 0 Å². The molecule has 2 aromatic rings. The lowest BCUT2D eigenvalue weighted by Crippen LogP contribution is -2.55. The molecule has 1 fully saturated rings. The molecule has 1 aromatic heterocycles. The van der Waals surface area contributed by atoms with Gasteiger partial charge < -0.3 is 15.4 Å². The molecule has 3 heterocycles. The quantitative estimate of drug-likeness (QED) is 0.264. The molecular weight excluding hydrogens is 566 g/mol. The number of piperidine rings is 1. The molecule has 2 N–H and O–H groups in total. The number of benzene rings is 1. The van der Waals surface area contributed by atoms with Crippen LogP contribution in [0.2, 0.25) is 0 Å². The first kappa shape index (κ1) is 31.8. The molecule has 42 heavy (non-hydrogen) atoms. The van der Waals surface area contributed by atoms with Crippen LogP contribution in [0.5, 0.6) is 0 Å². The van der Waals surface area contributed by atoms with Crippen LogP contribution < -0.4 is 10.6 Å². The minimum absolute atomic E-state index is 0.0744. The predicted octanol–water partition coefficient (Wildman–Crippen LogP) is 5.63. The van der Waals surface area contributed by atoms with Crippen molar-refractivity contribution in [3.05, 3.63) is 47.4 Å². The van der Waals surface area contributed by atoms with E-state index in [9.17, 15) is 21.9 Å². The minimum Gasteiger partial charge on any atom is -0.460 e. The lowest BCUT2D eigenvalue weighted by molar-refractivity contribution is -0.155. The lowest BCUT2D eigenvalue weighted by atomic mass is 9.83. The molecule has 0 bridgehead atoms. The highest BCUT2D eigenvalue weighted by atomic mass is 32.3. The first-order valence-electron chi connectivity index (χ1n) is 14.4.